The van der Waals surface area contributed by atoms with E-state index in [0.717, 1.165) is 12.8 Å². The van der Waals surface area contributed by atoms with Crippen LogP contribution in [0.25, 0.3) is 0 Å². The van der Waals surface area contributed by atoms with E-state index in [4.69, 9.17) is 5.26 Å². The van der Waals surface area contributed by atoms with Crippen LogP contribution in [0, 0.1) is 23.2 Å². The topological polar surface area (TPSA) is 36.1 Å². The summed E-state index contributed by atoms with van der Waals surface area (Å²) in [4.78, 5) is 4.56. The maximum absolute atomic E-state index is 8.64. The van der Waals surface area contributed by atoms with Crippen LogP contribution in [0.1, 0.15) is 26.7 Å². The van der Waals surface area contributed by atoms with Crippen molar-refractivity contribution < 1.29 is 0 Å². The molecule has 0 saturated heterocycles. The molecule has 2 nitrogen and oxygen atoms in total. The Balaban J connectivity index is 2.47. The van der Waals surface area contributed by atoms with Crippen molar-refractivity contribution in [2.75, 3.05) is 6.26 Å². The lowest BCUT2D eigenvalue weighted by molar-refractivity contribution is 0.327. The van der Waals surface area contributed by atoms with Gasteiger partial charge in [0.15, 0.2) is 0 Å². The van der Waals surface area contributed by atoms with E-state index in [1.54, 1.807) is 11.8 Å². The van der Waals surface area contributed by atoms with Crippen LogP contribution >= 0.6 is 11.8 Å². The fourth-order valence-corrected chi connectivity index (χ4v) is 2.35. The normalized spacial score (nSPS) is 28.4. The van der Waals surface area contributed by atoms with Gasteiger partial charge in [-0.1, -0.05) is 0 Å². The Hall–Kier alpha value is -0.490. The fraction of sp³-hybridized carbons (Fsp3) is 0.800. The van der Waals surface area contributed by atoms with Gasteiger partial charge in [-0.15, -0.1) is 11.8 Å². The zero-order valence-corrected chi connectivity index (χ0v) is 9.27. The molecule has 0 unspecified atom stereocenters. The molecule has 0 bridgehead atoms. The van der Waals surface area contributed by atoms with Crippen molar-refractivity contribution in [3.63, 3.8) is 0 Å². The van der Waals surface area contributed by atoms with Crippen LogP contribution in [0.5, 0.6) is 0 Å². The van der Waals surface area contributed by atoms with Gasteiger partial charge in [-0.25, -0.2) is 0 Å². The van der Waals surface area contributed by atoms with E-state index in [2.05, 4.69) is 31.2 Å². The summed E-state index contributed by atoms with van der Waals surface area (Å²) in [6.07, 6.45) is 4.10. The molecule has 13 heavy (non-hydrogen) atoms. The van der Waals surface area contributed by atoms with Crippen molar-refractivity contribution in [1.29, 1.82) is 5.26 Å². The predicted octanol–water partition coefficient (Wildman–Crippen LogP) is 2.71. The summed E-state index contributed by atoms with van der Waals surface area (Å²) in [7, 11) is 0. The average Bonchev–Trinajstić information content (AvgIpc) is 2.00. The molecule has 0 aromatic heterocycles. The van der Waals surface area contributed by atoms with Crippen molar-refractivity contribution in [2.24, 2.45) is 16.8 Å². The first-order chi connectivity index (χ1) is 6.17. The van der Waals surface area contributed by atoms with Crippen LogP contribution in [0.15, 0.2) is 4.99 Å². The Labute approximate surface area is 84.4 Å². The second-order valence-corrected chi connectivity index (χ2v) is 4.59. The van der Waals surface area contributed by atoms with Gasteiger partial charge in [-0.05, 0) is 32.9 Å². The lowest BCUT2D eigenvalue weighted by Crippen LogP contribution is -2.28. The Kier molecular flexibility index (Phi) is 3.80. The number of nitriles is 1. The molecule has 1 saturated carbocycles. The molecule has 0 aromatic rings. The summed E-state index contributed by atoms with van der Waals surface area (Å²) in [6.45, 7) is 4.19. The summed E-state index contributed by atoms with van der Waals surface area (Å²) >= 11 is 1.74. The minimum Gasteiger partial charge on any atom is -0.280 e. The van der Waals surface area contributed by atoms with Gasteiger partial charge in [-0.3, -0.25) is 4.99 Å². The summed E-state index contributed by atoms with van der Waals surface area (Å²) in [5.74, 6) is 0.858. The van der Waals surface area contributed by atoms with Gasteiger partial charge in [0.25, 0.3) is 0 Å². The highest BCUT2D eigenvalue weighted by Crippen LogP contribution is 2.36. The van der Waals surface area contributed by atoms with Crippen LogP contribution in [0.4, 0.5) is 0 Å². The summed E-state index contributed by atoms with van der Waals surface area (Å²) < 4.78 is 0. The maximum Gasteiger partial charge on any atom is 0.0708 e. The number of rotatable bonds is 2. The van der Waals surface area contributed by atoms with E-state index in [9.17, 15) is 0 Å². The minimum absolute atomic E-state index is 0.287. The van der Waals surface area contributed by atoms with Gasteiger partial charge in [-0.2, -0.15) is 5.26 Å². The Morgan fingerprint density at radius 1 is 1.54 bits per heavy atom. The van der Waals surface area contributed by atoms with Crippen LogP contribution in [0.2, 0.25) is 0 Å². The monoisotopic (exact) mass is 196 g/mol. The van der Waals surface area contributed by atoms with Crippen LogP contribution in [0.3, 0.4) is 0 Å². The van der Waals surface area contributed by atoms with E-state index in [1.807, 2.05) is 0 Å². The molecule has 1 rings (SSSR count). The van der Waals surface area contributed by atoms with Crippen molar-refractivity contribution in [3.8, 4) is 6.07 Å². The third kappa shape index (κ3) is 2.73. The first-order valence-corrected chi connectivity index (χ1v) is 5.91. The molecule has 0 atom stereocenters. The quantitative estimate of drug-likeness (QED) is 0.503. The number of nitrogens with zero attached hydrogens (tertiary/aromatic N) is 2. The SMILES string of the molecule is CSC(=NC(C)C)C1CC(C#N)C1. The third-order valence-electron chi connectivity index (χ3n) is 2.26. The molecular weight excluding hydrogens is 180 g/mol. The average molecular weight is 196 g/mol. The Morgan fingerprint density at radius 3 is 2.54 bits per heavy atom. The van der Waals surface area contributed by atoms with Crippen molar-refractivity contribution in [3.05, 3.63) is 0 Å². The lowest BCUT2D eigenvalue weighted by atomic mass is 9.76. The van der Waals surface area contributed by atoms with Gasteiger partial charge in [0.05, 0.1) is 11.1 Å². The molecule has 0 aromatic carbocycles. The van der Waals surface area contributed by atoms with Crippen molar-refractivity contribution in [1.82, 2.24) is 0 Å². The highest BCUT2D eigenvalue weighted by atomic mass is 32.2. The lowest BCUT2D eigenvalue weighted by Gasteiger charge is -2.31. The molecule has 3 heteroatoms. The smallest absolute Gasteiger partial charge is 0.0708 e. The van der Waals surface area contributed by atoms with Crippen LogP contribution < -0.4 is 0 Å². The maximum atomic E-state index is 8.64. The van der Waals surface area contributed by atoms with Gasteiger partial charge < -0.3 is 0 Å². The van der Waals surface area contributed by atoms with E-state index >= 15 is 0 Å². The van der Waals surface area contributed by atoms with Gasteiger partial charge >= 0.3 is 0 Å². The van der Waals surface area contributed by atoms with E-state index in [-0.39, 0.29) is 5.92 Å². The van der Waals surface area contributed by atoms with Crippen molar-refractivity contribution in [2.45, 2.75) is 32.7 Å². The molecule has 1 aliphatic carbocycles. The molecule has 0 spiro atoms. The highest BCUT2D eigenvalue weighted by molar-refractivity contribution is 8.13. The number of aliphatic imine (C=N–C) groups is 1. The molecule has 0 aliphatic heterocycles. The standard InChI is InChI=1S/C10H16N2S/c1-7(2)12-10(13-3)9-4-8(5-9)6-11/h7-9H,4-5H2,1-3H3. The fourth-order valence-electron chi connectivity index (χ4n) is 1.50. The summed E-state index contributed by atoms with van der Waals surface area (Å²) in [6, 6.07) is 2.68. The summed E-state index contributed by atoms with van der Waals surface area (Å²) in [5, 5.41) is 9.88. The first kappa shape index (κ1) is 10.6. The predicted molar refractivity (Wildman–Crippen MR) is 57.9 cm³/mol. The first-order valence-electron chi connectivity index (χ1n) is 4.68. The Morgan fingerprint density at radius 2 is 2.15 bits per heavy atom. The van der Waals surface area contributed by atoms with Gasteiger partial charge in [0, 0.05) is 17.9 Å². The zero-order chi connectivity index (χ0) is 9.84. The molecule has 1 fully saturated rings. The molecule has 0 N–H and O–H groups in total. The number of thioether (sulfide) groups is 1. The second-order valence-electron chi connectivity index (χ2n) is 3.76. The van der Waals surface area contributed by atoms with Crippen LogP contribution in [-0.4, -0.2) is 17.3 Å². The largest absolute Gasteiger partial charge is 0.280 e. The molecule has 0 radical (unpaired) electrons. The Bertz CT molecular complexity index is 234. The van der Waals surface area contributed by atoms with Gasteiger partial charge in [0.1, 0.15) is 0 Å². The van der Waals surface area contributed by atoms with Crippen LogP contribution in [-0.2, 0) is 0 Å². The number of hydrogen-bond acceptors (Lipinski definition) is 3. The highest BCUT2D eigenvalue weighted by Gasteiger charge is 2.32. The molecule has 72 valence electrons. The molecule has 0 heterocycles. The zero-order valence-electron chi connectivity index (χ0n) is 8.45. The van der Waals surface area contributed by atoms with E-state index < -0.39 is 0 Å². The van der Waals surface area contributed by atoms with E-state index in [1.165, 1.54) is 5.04 Å². The molecule has 1 aliphatic rings. The second kappa shape index (κ2) is 4.66. The summed E-state index contributed by atoms with van der Waals surface area (Å²) in [5.41, 5.74) is 0. The van der Waals surface area contributed by atoms with Gasteiger partial charge in [0.2, 0.25) is 0 Å². The van der Waals surface area contributed by atoms with E-state index in [0.29, 0.717) is 12.0 Å². The minimum atomic E-state index is 0.287. The molecular formula is C10H16N2S. The number of hydrogen-bond donors (Lipinski definition) is 0. The molecule has 0 amide bonds. The third-order valence-corrected chi connectivity index (χ3v) is 3.12. The van der Waals surface area contributed by atoms with Crippen molar-refractivity contribution >= 4 is 16.8 Å².